The summed E-state index contributed by atoms with van der Waals surface area (Å²) in [6.45, 7) is 4.11. The molecule has 0 saturated carbocycles. The lowest BCUT2D eigenvalue weighted by atomic mass is 10.2. The first-order chi connectivity index (χ1) is 9.06. The average molecular weight is 263 g/mol. The molecule has 0 spiro atoms. The van der Waals surface area contributed by atoms with Crippen LogP contribution in [0.15, 0.2) is 23.0 Å². The number of benzene rings is 1. The van der Waals surface area contributed by atoms with Gasteiger partial charge in [0.1, 0.15) is 5.76 Å². The van der Waals surface area contributed by atoms with Crippen LogP contribution in [0.25, 0.3) is 11.0 Å². The van der Waals surface area contributed by atoms with Gasteiger partial charge in [-0.25, -0.2) is 13.8 Å². The lowest BCUT2D eigenvalue weighted by molar-refractivity contribution is 0.392. The molecule has 0 amide bonds. The molecule has 0 atom stereocenters. The number of aromatic nitrogens is 3. The van der Waals surface area contributed by atoms with E-state index in [0.29, 0.717) is 23.3 Å². The zero-order valence-corrected chi connectivity index (χ0v) is 10.4. The fourth-order valence-corrected chi connectivity index (χ4v) is 2.08. The summed E-state index contributed by atoms with van der Waals surface area (Å²) in [7, 11) is 0. The summed E-state index contributed by atoms with van der Waals surface area (Å²) in [5, 5.41) is 3.87. The molecule has 0 aliphatic rings. The molecule has 0 saturated heterocycles. The van der Waals surface area contributed by atoms with Crippen molar-refractivity contribution in [2.24, 2.45) is 0 Å². The number of hydrogen-bond donors (Lipinski definition) is 0. The zero-order valence-electron chi connectivity index (χ0n) is 10.4. The van der Waals surface area contributed by atoms with Crippen LogP contribution in [0.4, 0.5) is 8.78 Å². The maximum atomic E-state index is 13.3. The Labute approximate surface area is 107 Å². The number of rotatable bonds is 2. The van der Waals surface area contributed by atoms with Crippen LogP contribution in [-0.2, 0) is 6.54 Å². The van der Waals surface area contributed by atoms with Gasteiger partial charge in [-0.1, -0.05) is 5.16 Å². The second kappa shape index (κ2) is 4.15. The van der Waals surface area contributed by atoms with Crippen LogP contribution in [0.1, 0.15) is 17.0 Å². The Morgan fingerprint density at radius 1 is 1.21 bits per heavy atom. The Bertz CT molecular complexity index is 741. The molecule has 0 bridgehead atoms. The van der Waals surface area contributed by atoms with Crippen LogP contribution in [0, 0.1) is 25.5 Å². The van der Waals surface area contributed by atoms with Gasteiger partial charge < -0.3 is 9.09 Å². The molecule has 4 nitrogen and oxygen atoms in total. The highest BCUT2D eigenvalue weighted by Crippen LogP contribution is 2.20. The third kappa shape index (κ3) is 1.89. The van der Waals surface area contributed by atoms with Gasteiger partial charge in [-0.2, -0.15) is 0 Å². The van der Waals surface area contributed by atoms with Crippen LogP contribution in [0.2, 0.25) is 0 Å². The fraction of sp³-hybridized carbons (Fsp3) is 0.231. The smallest absolute Gasteiger partial charge is 0.161 e. The van der Waals surface area contributed by atoms with Gasteiger partial charge in [0.15, 0.2) is 11.6 Å². The van der Waals surface area contributed by atoms with Crippen molar-refractivity contribution < 1.29 is 13.3 Å². The summed E-state index contributed by atoms with van der Waals surface area (Å²) in [5.74, 6) is -1.06. The average Bonchev–Trinajstić information content (AvgIpc) is 2.89. The molecular weight excluding hydrogens is 252 g/mol. The monoisotopic (exact) mass is 263 g/mol. The number of nitrogens with zero attached hydrogens (tertiary/aromatic N) is 3. The third-order valence-electron chi connectivity index (χ3n) is 3.17. The van der Waals surface area contributed by atoms with Crippen molar-refractivity contribution >= 4 is 11.0 Å². The van der Waals surface area contributed by atoms with E-state index in [1.165, 1.54) is 0 Å². The number of hydrogen-bond acceptors (Lipinski definition) is 3. The highest BCUT2D eigenvalue weighted by molar-refractivity contribution is 5.75. The molecule has 6 heteroatoms. The van der Waals surface area contributed by atoms with Crippen molar-refractivity contribution in [3.63, 3.8) is 0 Å². The maximum absolute atomic E-state index is 13.3. The van der Waals surface area contributed by atoms with Gasteiger partial charge in [-0.05, 0) is 13.8 Å². The van der Waals surface area contributed by atoms with E-state index in [0.717, 1.165) is 23.4 Å². The van der Waals surface area contributed by atoms with Gasteiger partial charge in [-0.15, -0.1) is 0 Å². The van der Waals surface area contributed by atoms with Gasteiger partial charge >= 0.3 is 0 Å². The van der Waals surface area contributed by atoms with E-state index in [1.807, 2.05) is 13.8 Å². The highest BCUT2D eigenvalue weighted by Gasteiger charge is 2.13. The minimum Gasteiger partial charge on any atom is -0.361 e. The number of fused-ring (bicyclic) bond motifs is 1. The molecule has 0 radical (unpaired) electrons. The minimum absolute atomic E-state index is 0.422. The number of halogens is 2. The second-order valence-electron chi connectivity index (χ2n) is 4.43. The normalized spacial score (nSPS) is 11.4. The topological polar surface area (TPSA) is 43.9 Å². The van der Waals surface area contributed by atoms with E-state index in [2.05, 4.69) is 10.1 Å². The van der Waals surface area contributed by atoms with Crippen LogP contribution in [-0.4, -0.2) is 14.7 Å². The zero-order chi connectivity index (χ0) is 13.6. The number of imidazole rings is 1. The second-order valence-corrected chi connectivity index (χ2v) is 4.43. The van der Waals surface area contributed by atoms with Gasteiger partial charge in [-0.3, -0.25) is 0 Å². The van der Waals surface area contributed by atoms with Crippen molar-refractivity contribution in [1.29, 1.82) is 0 Å². The molecule has 0 unspecified atom stereocenters. The predicted molar refractivity (Wildman–Crippen MR) is 64.7 cm³/mol. The quantitative estimate of drug-likeness (QED) is 0.714. The Morgan fingerprint density at radius 2 is 1.95 bits per heavy atom. The van der Waals surface area contributed by atoms with Gasteiger partial charge in [0, 0.05) is 17.7 Å². The molecule has 2 aromatic heterocycles. The summed E-state index contributed by atoms with van der Waals surface area (Å²) in [6, 6.07) is 2.24. The highest BCUT2D eigenvalue weighted by atomic mass is 19.2. The molecule has 0 N–H and O–H groups in total. The molecule has 0 aliphatic heterocycles. The Morgan fingerprint density at radius 3 is 2.63 bits per heavy atom. The molecule has 1 aromatic carbocycles. The molecule has 0 aliphatic carbocycles. The fourth-order valence-electron chi connectivity index (χ4n) is 2.08. The molecule has 3 rings (SSSR count). The van der Waals surface area contributed by atoms with E-state index in [1.54, 1.807) is 10.9 Å². The Balaban J connectivity index is 2.09. The maximum Gasteiger partial charge on any atom is 0.161 e. The van der Waals surface area contributed by atoms with E-state index in [9.17, 15) is 8.78 Å². The van der Waals surface area contributed by atoms with Crippen LogP contribution in [0.3, 0.4) is 0 Å². The molecular formula is C13H11F2N3O. The van der Waals surface area contributed by atoms with Crippen molar-refractivity contribution in [3.8, 4) is 0 Å². The van der Waals surface area contributed by atoms with E-state index in [4.69, 9.17) is 4.52 Å². The first kappa shape index (κ1) is 11.8. The molecule has 3 aromatic rings. The largest absolute Gasteiger partial charge is 0.361 e. The van der Waals surface area contributed by atoms with Gasteiger partial charge in [0.05, 0.1) is 29.6 Å². The van der Waals surface area contributed by atoms with Gasteiger partial charge in [0.2, 0.25) is 0 Å². The Kier molecular flexibility index (Phi) is 2.58. The van der Waals surface area contributed by atoms with E-state index >= 15 is 0 Å². The minimum atomic E-state index is -0.893. The van der Waals surface area contributed by atoms with Crippen LogP contribution < -0.4 is 0 Å². The summed E-state index contributed by atoms with van der Waals surface area (Å²) < 4.78 is 33.2. The van der Waals surface area contributed by atoms with Crippen LogP contribution in [0.5, 0.6) is 0 Å². The first-order valence-electron chi connectivity index (χ1n) is 5.78. The first-order valence-corrected chi connectivity index (χ1v) is 5.78. The summed E-state index contributed by atoms with van der Waals surface area (Å²) in [6.07, 6.45) is 1.55. The Hall–Kier alpha value is -2.24. The van der Waals surface area contributed by atoms with Crippen molar-refractivity contribution in [3.05, 3.63) is 47.1 Å². The third-order valence-corrected chi connectivity index (χ3v) is 3.17. The lowest BCUT2D eigenvalue weighted by Gasteiger charge is -2.04. The molecule has 98 valence electrons. The lowest BCUT2D eigenvalue weighted by Crippen LogP contribution is -2.00. The molecule has 0 fully saturated rings. The number of aryl methyl sites for hydroxylation is 2. The SMILES string of the molecule is Cc1noc(C)c1Cn1cnc2cc(F)c(F)cc21. The summed E-state index contributed by atoms with van der Waals surface area (Å²) >= 11 is 0. The van der Waals surface area contributed by atoms with Gasteiger partial charge in [0.25, 0.3) is 0 Å². The summed E-state index contributed by atoms with van der Waals surface area (Å²) in [4.78, 5) is 4.07. The van der Waals surface area contributed by atoms with Crippen molar-refractivity contribution in [2.45, 2.75) is 20.4 Å². The summed E-state index contributed by atoms with van der Waals surface area (Å²) in [5.41, 5.74) is 2.66. The predicted octanol–water partition coefficient (Wildman–Crippen LogP) is 2.97. The van der Waals surface area contributed by atoms with Crippen molar-refractivity contribution in [1.82, 2.24) is 14.7 Å². The standard InChI is InChI=1S/C13H11F2N3O/c1-7-9(8(2)19-17-7)5-18-6-16-12-3-10(14)11(15)4-13(12)18/h3-4,6H,5H2,1-2H3. The molecule has 2 heterocycles. The van der Waals surface area contributed by atoms with Crippen LogP contribution >= 0.6 is 0 Å². The van der Waals surface area contributed by atoms with E-state index in [-0.39, 0.29) is 0 Å². The van der Waals surface area contributed by atoms with Crippen molar-refractivity contribution in [2.75, 3.05) is 0 Å². The van der Waals surface area contributed by atoms with E-state index < -0.39 is 11.6 Å². The molecule has 19 heavy (non-hydrogen) atoms.